The van der Waals surface area contributed by atoms with Crippen molar-refractivity contribution >= 4 is 17.6 Å². The molecule has 1 aliphatic heterocycles. The number of carbonyl (C=O) groups excluding carboxylic acids is 2. The van der Waals surface area contributed by atoms with Crippen molar-refractivity contribution in [3.63, 3.8) is 0 Å². The lowest BCUT2D eigenvalue weighted by Crippen LogP contribution is -2.51. The van der Waals surface area contributed by atoms with Crippen LogP contribution in [0.5, 0.6) is 0 Å². The summed E-state index contributed by atoms with van der Waals surface area (Å²) >= 11 is 0. The average molecular weight is 350 g/mol. The number of nitriles is 1. The summed E-state index contributed by atoms with van der Waals surface area (Å²) in [4.78, 5) is 25.5. The number of fused-ring (bicyclic) bond motifs is 1. The van der Waals surface area contributed by atoms with Crippen molar-refractivity contribution < 1.29 is 14.3 Å². The Labute approximate surface area is 150 Å². The Morgan fingerprint density at radius 2 is 2.08 bits per heavy atom. The molecule has 0 spiro atoms. The summed E-state index contributed by atoms with van der Waals surface area (Å²) in [5, 5.41) is 16.5. The SMILES string of the molecule is CCOC(=O)C1(Cc2ccccc2)C(C(C)=O)=CNc2c(C#N)cnn21. The molecule has 7 nitrogen and oxygen atoms in total. The first-order chi connectivity index (χ1) is 12.5. The van der Waals surface area contributed by atoms with E-state index in [9.17, 15) is 14.9 Å². The Hall–Kier alpha value is -3.40. The molecule has 1 unspecified atom stereocenters. The molecule has 7 heteroatoms. The lowest BCUT2D eigenvalue weighted by molar-refractivity contribution is -0.153. The van der Waals surface area contributed by atoms with Gasteiger partial charge in [0.2, 0.25) is 0 Å². The van der Waals surface area contributed by atoms with Gasteiger partial charge in [0.25, 0.3) is 0 Å². The van der Waals surface area contributed by atoms with E-state index in [4.69, 9.17) is 4.74 Å². The van der Waals surface area contributed by atoms with Gasteiger partial charge in [0.15, 0.2) is 11.3 Å². The summed E-state index contributed by atoms with van der Waals surface area (Å²) in [7, 11) is 0. The number of anilines is 1. The number of benzene rings is 1. The van der Waals surface area contributed by atoms with E-state index in [1.165, 1.54) is 24.0 Å². The van der Waals surface area contributed by atoms with Crippen LogP contribution in [0.15, 0.2) is 48.3 Å². The second kappa shape index (κ2) is 6.84. The van der Waals surface area contributed by atoms with Gasteiger partial charge in [-0.25, -0.2) is 9.48 Å². The molecule has 3 rings (SSSR count). The Morgan fingerprint density at radius 1 is 1.35 bits per heavy atom. The largest absolute Gasteiger partial charge is 0.464 e. The fraction of sp³-hybridized carbons (Fsp3) is 0.263. The number of ketones is 1. The van der Waals surface area contributed by atoms with E-state index in [-0.39, 0.29) is 29.9 Å². The van der Waals surface area contributed by atoms with E-state index in [1.54, 1.807) is 6.92 Å². The minimum atomic E-state index is -1.47. The zero-order chi connectivity index (χ0) is 18.7. The first-order valence-corrected chi connectivity index (χ1v) is 8.22. The Bertz CT molecular complexity index is 924. The highest BCUT2D eigenvalue weighted by Gasteiger charge is 2.51. The number of ether oxygens (including phenoxy) is 1. The number of esters is 1. The van der Waals surface area contributed by atoms with E-state index in [2.05, 4.69) is 10.4 Å². The molecule has 0 saturated carbocycles. The maximum absolute atomic E-state index is 13.1. The summed E-state index contributed by atoms with van der Waals surface area (Å²) < 4.78 is 6.73. The molecule has 0 saturated heterocycles. The van der Waals surface area contributed by atoms with Gasteiger partial charge in [0.05, 0.1) is 18.4 Å². The van der Waals surface area contributed by atoms with Crippen molar-refractivity contribution in [2.45, 2.75) is 25.8 Å². The van der Waals surface area contributed by atoms with Crippen molar-refractivity contribution in [3.8, 4) is 6.07 Å². The molecule has 1 N–H and O–H groups in total. The van der Waals surface area contributed by atoms with Gasteiger partial charge >= 0.3 is 5.97 Å². The highest BCUT2D eigenvalue weighted by molar-refractivity contribution is 6.03. The number of aromatic nitrogens is 2. The third-order valence-corrected chi connectivity index (χ3v) is 4.35. The molecule has 2 heterocycles. The Kier molecular flexibility index (Phi) is 4.59. The molecule has 26 heavy (non-hydrogen) atoms. The molecule has 0 radical (unpaired) electrons. The molecule has 0 aliphatic carbocycles. The number of hydrogen-bond acceptors (Lipinski definition) is 6. The van der Waals surface area contributed by atoms with Crippen molar-refractivity contribution in [3.05, 3.63) is 59.4 Å². The van der Waals surface area contributed by atoms with Gasteiger partial charge in [-0.1, -0.05) is 30.3 Å². The number of nitrogens with zero attached hydrogens (tertiary/aromatic N) is 3. The molecule has 0 bridgehead atoms. The van der Waals surface area contributed by atoms with Crippen molar-refractivity contribution in [1.82, 2.24) is 9.78 Å². The van der Waals surface area contributed by atoms with Gasteiger partial charge in [0.1, 0.15) is 17.5 Å². The standard InChI is InChI=1S/C19H18N4O3/c1-3-26-18(25)19(9-14-7-5-4-6-8-14)16(13(2)24)12-21-17-15(10-20)11-22-23(17)19/h4-8,11-12,21H,3,9H2,1-2H3. The minimum Gasteiger partial charge on any atom is -0.464 e. The zero-order valence-electron chi connectivity index (χ0n) is 14.5. The summed E-state index contributed by atoms with van der Waals surface area (Å²) in [5.74, 6) is -0.497. The lowest BCUT2D eigenvalue weighted by atomic mass is 9.81. The molecular weight excluding hydrogens is 332 g/mol. The van der Waals surface area contributed by atoms with Gasteiger partial charge in [-0.15, -0.1) is 0 Å². The number of Topliss-reactive ketones (excluding diaryl/α,β-unsaturated/α-hetero) is 1. The molecule has 132 valence electrons. The fourth-order valence-corrected chi connectivity index (χ4v) is 3.21. The van der Waals surface area contributed by atoms with Crippen LogP contribution in [0.2, 0.25) is 0 Å². The second-order valence-corrected chi connectivity index (χ2v) is 5.93. The van der Waals surface area contributed by atoms with E-state index in [0.717, 1.165) is 5.56 Å². The van der Waals surface area contributed by atoms with E-state index < -0.39 is 11.5 Å². The van der Waals surface area contributed by atoms with Crippen LogP contribution in [0.1, 0.15) is 25.0 Å². The van der Waals surface area contributed by atoms with Gasteiger partial charge in [-0.2, -0.15) is 10.4 Å². The molecule has 1 atom stereocenters. The molecule has 0 amide bonds. The van der Waals surface area contributed by atoms with Gasteiger partial charge in [-0.05, 0) is 19.4 Å². The normalized spacial score (nSPS) is 18.1. The van der Waals surface area contributed by atoms with E-state index in [0.29, 0.717) is 5.82 Å². The molecule has 1 aliphatic rings. The minimum absolute atomic E-state index is 0.162. The number of nitrogens with one attached hydrogen (secondary N) is 1. The van der Waals surface area contributed by atoms with Gasteiger partial charge in [-0.3, -0.25) is 4.79 Å². The van der Waals surface area contributed by atoms with Crippen LogP contribution in [-0.2, 0) is 26.3 Å². The number of carbonyl (C=O) groups is 2. The third kappa shape index (κ3) is 2.65. The predicted octanol–water partition coefficient (Wildman–Crippen LogP) is 2.15. The third-order valence-electron chi connectivity index (χ3n) is 4.35. The second-order valence-electron chi connectivity index (χ2n) is 5.93. The van der Waals surface area contributed by atoms with Crippen LogP contribution < -0.4 is 5.32 Å². The number of hydrogen-bond donors (Lipinski definition) is 1. The fourth-order valence-electron chi connectivity index (χ4n) is 3.21. The monoisotopic (exact) mass is 350 g/mol. The van der Waals surface area contributed by atoms with Crippen molar-refractivity contribution in [1.29, 1.82) is 5.26 Å². The summed E-state index contributed by atoms with van der Waals surface area (Å²) in [5.41, 5.74) is -0.112. The van der Waals surface area contributed by atoms with E-state index in [1.807, 2.05) is 36.4 Å². The Morgan fingerprint density at radius 3 is 2.69 bits per heavy atom. The van der Waals surface area contributed by atoms with E-state index >= 15 is 0 Å². The molecule has 1 aromatic heterocycles. The van der Waals surface area contributed by atoms with Crippen molar-refractivity contribution in [2.75, 3.05) is 11.9 Å². The molecular formula is C19H18N4O3. The number of rotatable bonds is 5. The molecule has 2 aromatic rings. The lowest BCUT2D eigenvalue weighted by Gasteiger charge is -2.37. The van der Waals surface area contributed by atoms with Crippen LogP contribution >= 0.6 is 0 Å². The predicted molar refractivity (Wildman–Crippen MR) is 94.1 cm³/mol. The molecule has 0 fully saturated rings. The maximum atomic E-state index is 13.1. The van der Waals surface area contributed by atoms with Crippen LogP contribution in [0.3, 0.4) is 0 Å². The quantitative estimate of drug-likeness (QED) is 0.830. The summed E-state index contributed by atoms with van der Waals surface area (Å²) in [6, 6.07) is 11.4. The average Bonchev–Trinajstić information content (AvgIpc) is 3.06. The van der Waals surface area contributed by atoms with Gasteiger partial charge in [0, 0.05) is 12.6 Å². The maximum Gasteiger partial charge on any atom is 0.339 e. The topological polar surface area (TPSA) is 97.0 Å². The molecule has 1 aromatic carbocycles. The summed E-state index contributed by atoms with van der Waals surface area (Å²) in [6.07, 6.45) is 3.03. The smallest absolute Gasteiger partial charge is 0.339 e. The van der Waals surface area contributed by atoms with Crippen LogP contribution in [0, 0.1) is 11.3 Å². The van der Waals surface area contributed by atoms with Crippen LogP contribution in [0.25, 0.3) is 0 Å². The van der Waals surface area contributed by atoms with Gasteiger partial charge < -0.3 is 10.1 Å². The van der Waals surface area contributed by atoms with Crippen LogP contribution in [-0.4, -0.2) is 28.1 Å². The summed E-state index contributed by atoms with van der Waals surface area (Å²) in [6.45, 7) is 3.26. The Balaban J connectivity index is 2.26. The van der Waals surface area contributed by atoms with Crippen molar-refractivity contribution in [2.24, 2.45) is 0 Å². The zero-order valence-corrected chi connectivity index (χ0v) is 14.5. The van der Waals surface area contributed by atoms with Crippen LogP contribution in [0.4, 0.5) is 5.82 Å². The highest BCUT2D eigenvalue weighted by atomic mass is 16.5. The first-order valence-electron chi connectivity index (χ1n) is 8.22. The first kappa shape index (κ1) is 17.4. The highest BCUT2D eigenvalue weighted by Crippen LogP contribution is 2.39.